The lowest BCUT2D eigenvalue weighted by atomic mass is 10.1. The molecule has 1 saturated heterocycles. The number of likely N-dealkylation sites (tertiary alicyclic amines) is 1. The Hall–Kier alpha value is -0.820. The molecule has 0 atom stereocenters. The van der Waals surface area contributed by atoms with Gasteiger partial charge in [0.1, 0.15) is 0 Å². The third-order valence-corrected chi connectivity index (χ3v) is 4.39. The SMILES string of the molecule is CN=C(NCCCCN1CCCC1)NCCCc1ccccc1.I. The first-order valence-electron chi connectivity index (χ1n) is 9.09. The summed E-state index contributed by atoms with van der Waals surface area (Å²) in [5.41, 5.74) is 1.40. The second kappa shape index (κ2) is 13.5. The summed E-state index contributed by atoms with van der Waals surface area (Å²) in [4.78, 5) is 6.87. The second-order valence-corrected chi connectivity index (χ2v) is 6.27. The van der Waals surface area contributed by atoms with Crippen molar-refractivity contribution >= 4 is 29.9 Å². The minimum Gasteiger partial charge on any atom is -0.356 e. The first-order valence-corrected chi connectivity index (χ1v) is 9.09. The van der Waals surface area contributed by atoms with Crippen LogP contribution in [0.3, 0.4) is 0 Å². The van der Waals surface area contributed by atoms with Gasteiger partial charge < -0.3 is 15.5 Å². The Morgan fingerprint density at radius 3 is 2.33 bits per heavy atom. The lowest BCUT2D eigenvalue weighted by Crippen LogP contribution is -2.38. The van der Waals surface area contributed by atoms with Gasteiger partial charge in [-0.25, -0.2) is 0 Å². The van der Waals surface area contributed by atoms with Crippen molar-refractivity contribution < 1.29 is 0 Å². The fourth-order valence-electron chi connectivity index (χ4n) is 3.04. The molecule has 0 bridgehead atoms. The Balaban J connectivity index is 0.00000288. The summed E-state index contributed by atoms with van der Waals surface area (Å²) in [7, 11) is 1.84. The van der Waals surface area contributed by atoms with Crippen LogP contribution in [0.15, 0.2) is 35.3 Å². The molecular formula is C19H33IN4. The van der Waals surface area contributed by atoms with Gasteiger partial charge in [0.15, 0.2) is 5.96 Å². The summed E-state index contributed by atoms with van der Waals surface area (Å²) in [5.74, 6) is 0.930. The zero-order valence-corrected chi connectivity index (χ0v) is 17.3. The molecule has 1 fully saturated rings. The number of unbranched alkanes of at least 4 members (excludes halogenated alkanes) is 1. The van der Waals surface area contributed by atoms with Gasteiger partial charge in [0.2, 0.25) is 0 Å². The molecule has 4 nitrogen and oxygen atoms in total. The number of nitrogens with zero attached hydrogens (tertiary/aromatic N) is 2. The number of halogens is 1. The molecule has 5 heteroatoms. The largest absolute Gasteiger partial charge is 0.356 e. The molecule has 0 amide bonds. The average molecular weight is 444 g/mol. The number of rotatable bonds is 9. The quantitative estimate of drug-likeness (QED) is 0.266. The van der Waals surface area contributed by atoms with E-state index < -0.39 is 0 Å². The van der Waals surface area contributed by atoms with Crippen molar-refractivity contribution in [2.45, 2.75) is 38.5 Å². The molecule has 136 valence electrons. The Kier molecular flexibility index (Phi) is 11.9. The van der Waals surface area contributed by atoms with Crippen molar-refractivity contribution in [2.75, 3.05) is 39.8 Å². The van der Waals surface area contributed by atoms with E-state index in [0.29, 0.717) is 0 Å². The monoisotopic (exact) mass is 444 g/mol. The van der Waals surface area contributed by atoms with Crippen LogP contribution in [0.1, 0.15) is 37.7 Å². The molecule has 2 N–H and O–H groups in total. The van der Waals surface area contributed by atoms with Gasteiger partial charge >= 0.3 is 0 Å². The topological polar surface area (TPSA) is 39.7 Å². The van der Waals surface area contributed by atoms with Crippen LogP contribution in [0.4, 0.5) is 0 Å². The number of aliphatic imine (C=N–C) groups is 1. The predicted molar refractivity (Wildman–Crippen MR) is 114 cm³/mol. The Bertz CT molecular complexity index is 444. The van der Waals surface area contributed by atoms with E-state index in [0.717, 1.165) is 31.9 Å². The molecule has 0 saturated carbocycles. The molecule has 1 aliphatic rings. The van der Waals surface area contributed by atoms with Crippen molar-refractivity contribution in [3.05, 3.63) is 35.9 Å². The van der Waals surface area contributed by atoms with Crippen LogP contribution in [0.5, 0.6) is 0 Å². The maximum absolute atomic E-state index is 4.29. The number of nitrogens with one attached hydrogen (secondary N) is 2. The van der Waals surface area contributed by atoms with Gasteiger partial charge in [-0.3, -0.25) is 4.99 Å². The molecule has 0 spiro atoms. The summed E-state index contributed by atoms with van der Waals surface area (Å²) in [6.45, 7) is 5.83. The third kappa shape index (κ3) is 8.87. The number of guanidine groups is 1. The maximum atomic E-state index is 4.29. The second-order valence-electron chi connectivity index (χ2n) is 6.27. The Labute approximate surface area is 164 Å². The minimum absolute atomic E-state index is 0. The summed E-state index contributed by atoms with van der Waals surface area (Å²) in [6, 6.07) is 10.6. The molecule has 1 heterocycles. The van der Waals surface area contributed by atoms with Crippen LogP contribution >= 0.6 is 24.0 Å². The highest BCUT2D eigenvalue weighted by atomic mass is 127. The highest BCUT2D eigenvalue weighted by Crippen LogP contribution is 2.07. The lowest BCUT2D eigenvalue weighted by Gasteiger charge is -2.15. The third-order valence-electron chi connectivity index (χ3n) is 4.39. The van der Waals surface area contributed by atoms with Gasteiger partial charge in [0.25, 0.3) is 0 Å². The number of benzene rings is 1. The average Bonchev–Trinajstić information content (AvgIpc) is 3.11. The Morgan fingerprint density at radius 2 is 1.67 bits per heavy atom. The molecule has 0 aliphatic carbocycles. The first kappa shape index (κ1) is 21.2. The van der Waals surface area contributed by atoms with E-state index >= 15 is 0 Å². The molecule has 2 rings (SSSR count). The lowest BCUT2D eigenvalue weighted by molar-refractivity contribution is 0.330. The number of hydrogen-bond acceptors (Lipinski definition) is 2. The molecular weight excluding hydrogens is 411 g/mol. The van der Waals surface area contributed by atoms with Gasteiger partial charge in [-0.2, -0.15) is 0 Å². The van der Waals surface area contributed by atoms with Gasteiger partial charge in [0, 0.05) is 20.1 Å². The van der Waals surface area contributed by atoms with Gasteiger partial charge in [0.05, 0.1) is 0 Å². The summed E-state index contributed by atoms with van der Waals surface area (Å²) in [5, 5.41) is 6.81. The molecule has 1 aromatic rings. The highest BCUT2D eigenvalue weighted by molar-refractivity contribution is 14.0. The van der Waals surface area contributed by atoms with Crippen molar-refractivity contribution in [3.8, 4) is 0 Å². The molecule has 24 heavy (non-hydrogen) atoms. The summed E-state index contributed by atoms with van der Waals surface area (Å²) in [6.07, 6.45) is 7.50. The van der Waals surface area contributed by atoms with Gasteiger partial charge in [-0.1, -0.05) is 30.3 Å². The smallest absolute Gasteiger partial charge is 0.190 e. The molecule has 0 radical (unpaired) electrons. The van der Waals surface area contributed by atoms with E-state index in [1.54, 1.807) is 0 Å². The molecule has 1 aromatic carbocycles. The zero-order valence-electron chi connectivity index (χ0n) is 15.0. The van der Waals surface area contributed by atoms with Crippen LogP contribution in [-0.4, -0.2) is 50.6 Å². The van der Waals surface area contributed by atoms with Crippen LogP contribution in [0.2, 0.25) is 0 Å². The zero-order chi connectivity index (χ0) is 16.2. The van der Waals surface area contributed by atoms with Crippen LogP contribution < -0.4 is 10.6 Å². The summed E-state index contributed by atoms with van der Waals surface area (Å²) >= 11 is 0. The normalized spacial score (nSPS) is 15.1. The first-order chi connectivity index (χ1) is 11.4. The fourth-order valence-corrected chi connectivity index (χ4v) is 3.04. The van der Waals surface area contributed by atoms with Gasteiger partial charge in [-0.15, -0.1) is 24.0 Å². The number of hydrogen-bond donors (Lipinski definition) is 2. The molecule has 0 unspecified atom stereocenters. The summed E-state index contributed by atoms with van der Waals surface area (Å²) < 4.78 is 0. The Morgan fingerprint density at radius 1 is 1.00 bits per heavy atom. The van der Waals surface area contributed by atoms with Crippen LogP contribution in [0, 0.1) is 0 Å². The van der Waals surface area contributed by atoms with Crippen LogP contribution in [0.25, 0.3) is 0 Å². The van der Waals surface area contributed by atoms with E-state index in [-0.39, 0.29) is 24.0 Å². The van der Waals surface area contributed by atoms with Crippen molar-refractivity contribution in [2.24, 2.45) is 4.99 Å². The maximum Gasteiger partial charge on any atom is 0.190 e. The van der Waals surface area contributed by atoms with Crippen molar-refractivity contribution in [3.63, 3.8) is 0 Å². The van der Waals surface area contributed by atoms with Gasteiger partial charge in [-0.05, 0) is 63.7 Å². The standard InChI is InChI=1S/C19H32N4.HI/c1-20-19(21-13-5-6-15-23-16-7-8-17-23)22-14-9-12-18-10-3-2-4-11-18;/h2-4,10-11H,5-9,12-17H2,1H3,(H2,20,21,22);1H. The number of aryl methyl sites for hydroxylation is 1. The van der Waals surface area contributed by atoms with E-state index in [2.05, 4.69) is 50.9 Å². The predicted octanol–water partition coefficient (Wildman–Crippen LogP) is 3.28. The molecule has 0 aromatic heterocycles. The van der Waals surface area contributed by atoms with Crippen molar-refractivity contribution in [1.29, 1.82) is 0 Å². The van der Waals surface area contributed by atoms with E-state index in [4.69, 9.17) is 0 Å². The van der Waals surface area contributed by atoms with E-state index in [1.807, 2.05) is 7.05 Å². The highest BCUT2D eigenvalue weighted by Gasteiger charge is 2.09. The van der Waals surface area contributed by atoms with E-state index in [1.165, 1.54) is 50.9 Å². The molecule has 1 aliphatic heterocycles. The fraction of sp³-hybridized carbons (Fsp3) is 0.632. The minimum atomic E-state index is 0. The van der Waals surface area contributed by atoms with E-state index in [9.17, 15) is 0 Å². The van der Waals surface area contributed by atoms with Crippen LogP contribution in [-0.2, 0) is 6.42 Å². The van der Waals surface area contributed by atoms with Crippen molar-refractivity contribution in [1.82, 2.24) is 15.5 Å².